The number of nitrogens with one attached hydrogen (secondary N) is 1. The second-order valence-corrected chi connectivity index (χ2v) is 5.29. The molecule has 1 atom stereocenters. The second kappa shape index (κ2) is 5.07. The minimum Gasteiger partial charge on any atom is -0.377 e. The van der Waals surface area contributed by atoms with Crippen molar-refractivity contribution in [3.8, 4) is 0 Å². The van der Waals surface area contributed by atoms with Crippen LogP contribution in [-0.4, -0.2) is 36.1 Å². The van der Waals surface area contributed by atoms with Gasteiger partial charge in [-0.2, -0.15) is 0 Å². The van der Waals surface area contributed by atoms with Crippen molar-refractivity contribution < 1.29 is 0 Å². The van der Waals surface area contributed by atoms with Crippen molar-refractivity contribution in [2.24, 2.45) is 5.73 Å². The standard InChI is InChI=1S/C14H23N3/c1-12(2)17-9-8-14(10-15,11-17)16-13-6-4-3-5-7-13/h3-7,12,16H,8-11,15H2,1-2H3. The number of nitrogens with two attached hydrogens (primary N) is 1. The molecule has 1 unspecified atom stereocenters. The van der Waals surface area contributed by atoms with Gasteiger partial charge in [0.25, 0.3) is 0 Å². The Kier molecular flexibility index (Phi) is 3.69. The van der Waals surface area contributed by atoms with E-state index in [9.17, 15) is 0 Å². The van der Waals surface area contributed by atoms with Gasteiger partial charge in [0.1, 0.15) is 0 Å². The molecule has 94 valence electrons. The summed E-state index contributed by atoms with van der Waals surface area (Å²) in [6.45, 7) is 7.35. The Bertz CT molecular complexity index is 350. The van der Waals surface area contributed by atoms with E-state index in [-0.39, 0.29) is 5.54 Å². The Hall–Kier alpha value is -1.06. The monoisotopic (exact) mass is 233 g/mol. The summed E-state index contributed by atoms with van der Waals surface area (Å²) in [4.78, 5) is 2.49. The van der Waals surface area contributed by atoms with Gasteiger partial charge in [-0.3, -0.25) is 4.90 Å². The van der Waals surface area contributed by atoms with Crippen molar-refractivity contribution >= 4 is 5.69 Å². The maximum atomic E-state index is 5.99. The van der Waals surface area contributed by atoms with Crippen LogP contribution in [0.2, 0.25) is 0 Å². The first-order valence-electron chi connectivity index (χ1n) is 6.42. The summed E-state index contributed by atoms with van der Waals surface area (Å²) in [5.74, 6) is 0. The normalized spacial score (nSPS) is 25.4. The van der Waals surface area contributed by atoms with Gasteiger partial charge in [-0.25, -0.2) is 0 Å². The van der Waals surface area contributed by atoms with Crippen LogP contribution >= 0.6 is 0 Å². The molecule has 0 aromatic heterocycles. The van der Waals surface area contributed by atoms with Crippen LogP contribution in [0.3, 0.4) is 0 Å². The Morgan fingerprint density at radius 2 is 2.06 bits per heavy atom. The van der Waals surface area contributed by atoms with E-state index < -0.39 is 0 Å². The number of anilines is 1. The molecular formula is C14H23N3. The molecular weight excluding hydrogens is 210 g/mol. The van der Waals surface area contributed by atoms with Crippen LogP contribution in [0.1, 0.15) is 20.3 Å². The third kappa shape index (κ3) is 2.79. The minimum absolute atomic E-state index is 0.0472. The molecule has 3 heteroatoms. The highest BCUT2D eigenvalue weighted by Crippen LogP contribution is 2.26. The molecule has 0 radical (unpaired) electrons. The van der Waals surface area contributed by atoms with Crippen LogP contribution in [0.15, 0.2) is 30.3 Å². The van der Waals surface area contributed by atoms with Gasteiger partial charge in [0.2, 0.25) is 0 Å². The number of nitrogens with zero attached hydrogens (tertiary/aromatic N) is 1. The first-order chi connectivity index (χ1) is 8.15. The van der Waals surface area contributed by atoms with E-state index in [4.69, 9.17) is 5.73 Å². The molecule has 1 aromatic rings. The zero-order valence-electron chi connectivity index (χ0n) is 10.8. The molecule has 3 N–H and O–H groups in total. The van der Waals surface area contributed by atoms with Crippen molar-refractivity contribution in [3.63, 3.8) is 0 Å². The fourth-order valence-electron chi connectivity index (χ4n) is 2.49. The summed E-state index contributed by atoms with van der Waals surface area (Å²) in [6.07, 6.45) is 1.12. The number of likely N-dealkylation sites (tertiary alicyclic amines) is 1. The van der Waals surface area contributed by atoms with E-state index >= 15 is 0 Å². The van der Waals surface area contributed by atoms with E-state index in [2.05, 4.69) is 48.3 Å². The smallest absolute Gasteiger partial charge is 0.0634 e. The summed E-state index contributed by atoms with van der Waals surface area (Å²) in [7, 11) is 0. The summed E-state index contributed by atoms with van der Waals surface area (Å²) in [6, 6.07) is 11.0. The van der Waals surface area contributed by atoms with Crippen LogP contribution in [0, 0.1) is 0 Å². The van der Waals surface area contributed by atoms with E-state index in [0.717, 1.165) is 19.5 Å². The highest BCUT2D eigenvalue weighted by Gasteiger charge is 2.37. The SMILES string of the molecule is CC(C)N1CCC(CN)(Nc2ccccc2)C1. The molecule has 0 aliphatic carbocycles. The molecule has 2 rings (SSSR count). The molecule has 1 fully saturated rings. The van der Waals surface area contributed by atoms with Gasteiger partial charge in [-0.1, -0.05) is 18.2 Å². The summed E-state index contributed by atoms with van der Waals surface area (Å²) < 4.78 is 0. The quantitative estimate of drug-likeness (QED) is 0.834. The topological polar surface area (TPSA) is 41.3 Å². The minimum atomic E-state index is 0.0472. The van der Waals surface area contributed by atoms with Crippen molar-refractivity contribution in [2.45, 2.75) is 31.8 Å². The Morgan fingerprint density at radius 3 is 2.59 bits per heavy atom. The molecule has 1 heterocycles. The van der Waals surface area contributed by atoms with Crippen LogP contribution < -0.4 is 11.1 Å². The number of rotatable bonds is 4. The van der Waals surface area contributed by atoms with E-state index in [1.54, 1.807) is 0 Å². The molecule has 17 heavy (non-hydrogen) atoms. The van der Waals surface area contributed by atoms with Gasteiger partial charge in [0.15, 0.2) is 0 Å². The average molecular weight is 233 g/mol. The zero-order valence-corrected chi connectivity index (χ0v) is 10.8. The van der Waals surface area contributed by atoms with E-state index in [0.29, 0.717) is 12.6 Å². The molecule has 1 aromatic carbocycles. The Balaban J connectivity index is 2.07. The fraction of sp³-hybridized carbons (Fsp3) is 0.571. The van der Waals surface area contributed by atoms with Crippen LogP contribution in [0.25, 0.3) is 0 Å². The number of hydrogen-bond donors (Lipinski definition) is 2. The van der Waals surface area contributed by atoms with Crippen LogP contribution in [0.5, 0.6) is 0 Å². The molecule has 1 aliphatic rings. The van der Waals surface area contributed by atoms with Gasteiger partial charge in [0.05, 0.1) is 5.54 Å². The molecule has 0 bridgehead atoms. The summed E-state index contributed by atoms with van der Waals surface area (Å²) in [5, 5.41) is 3.62. The van der Waals surface area contributed by atoms with Crippen molar-refractivity contribution in [1.82, 2.24) is 4.90 Å². The molecule has 0 spiro atoms. The van der Waals surface area contributed by atoms with Crippen molar-refractivity contribution in [2.75, 3.05) is 25.0 Å². The fourth-order valence-corrected chi connectivity index (χ4v) is 2.49. The molecule has 0 amide bonds. The first kappa shape index (κ1) is 12.4. The second-order valence-electron chi connectivity index (χ2n) is 5.29. The van der Waals surface area contributed by atoms with Gasteiger partial charge in [-0.15, -0.1) is 0 Å². The lowest BCUT2D eigenvalue weighted by molar-refractivity contribution is 0.262. The van der Waals surface area contributed by atoms with Crippen LogP contribution in [0.4, 0.5) is 5.69 Å². The maximum Gasteiger partial charge on any atom is 0.0634 e. The maximum absolute atomic E-state index is 5.99. The molecule has 3 nitrogen and oxygen atoms in total. The van der Waals surface area contributed by atoms with Gasteiger partial charge < -0.3 is 11.1 Å². The number of para-hydroxylation sites is 1. The highest BCUT2D eigenvalue weighted by atomic mass is 15.2. The third-order valence-electron chi connectivity index (χ3n) is 3.69. The molecule has 0 saturated carbocycles. The predicted octanol–water partition coefficient (Wildman–Crippen LogP) is 1.91. The lowest BCUT2D eigenvalue weighted by Gasteiger charge is -2.31. The van der Waals surface area contributed by atoms with E-state index in [1.807, 2.05) is 6.07 Å². The zero-order chi connectivity index (χ0) is 12.3. The number of benzene rings is 1. The van der Waals surface area contributed by atoms with Gasteiger partial charge in [0, 0.05) is 31.4 Å². The van der Waals surface area contributed by atoms with E-state index in [1.165, 1.54) is 5.69 Å². The third-order valence-corrected chi connectivity index (χ3v) is 3.69. The van der Waals surface area contributed by atoms with Gasteiger partial charge >= 0.3 is 0 Å². The molecule has 1 saturated heterocycles. The lowest BCUT2D eigenvalue weighted by atomic mass is 9.98. The highest BCUT2D eigenvalue weighted by molar-refractivity contribution is 5.46. The van der Waals surface area contributed by atoms with Crippen molar-refractivity contribution in [3.05, 3.63) is 30.3 Å². The van der Waals surface area contributed by atoms with Crippen LogP contribution in [-0.2, 0) is 0 Å². The Labute approximate surface area is 104 Å². The predicted molar refractivity (Wildman–Crippen MR) is 73.2 cm³/mol. The average Bonchev–Trinajstić information content (AvgIpc) is 2.76. The summed E-state index contributed by atoms with van der Waals surface area (Å²) >= 11 is 0. The first-order valence-corrected chi connectivity index (χ1v) is 6.42. The lowest BCUT2D eigenvalue weighted by Crippen LogP contribution is -2.48. The summed E-state index contributed by atoms with van der Waals surface area (Å²) in [5.41, 5.74) is 7.21. The van der Waals surface area contributed by atoms with Crippen molar-refractivity contribution in [1.29, 1.82) is 0 Å². The van der Waals surface area contributed by atoms with Gasteiger partial charge in [-0.05, 0) is 32.4 Å². The molecule has 1 aliphatic heterocycles. The Morgan fingerprint density at radius 1 is 1.35 bits per heavy atom. The number of hydrogen-bond acceptors (Lipinski definition) is 3. The largest absolute Gasteiger partial charge is 0.377 e.